The Kier molecular flexibility index (Phi) is 7.51. The maximum absolute atomic E-state index is 12.4. The monoisotopic (exact) mass is 333 g/mol. The maximum Gasteiger partial charge on any atom is 0.244 e. The second-order valence-corrected chi connectivity index (χ2v) is 7.73. The van der Waals surface area contributed by atoms with E-state index in [1.807, 2.05) is 6.92 Å². The molecule has 0 radical (unpaired) electrons. The Morgan fingerprint density at radius 2 is 2.14 bits per heavy atom. The van der Waals surface area contributed by atoms with Crippen molar-refractivity contribution < 1.29 is 18.3 Å². The minimum atomic E-state index is -3.67. The van der Waals surface area contributed by atoms with Crippen molar-refractivity contribution in [3.63, 3.8) is 0 Å². The molecule has 5 nitrogen and oxygen atoms in total. The van der Waals surface area contributed by atoms with Gasteiger partial charge in [0.1, 0.15) is 10.6 Å². The first-order chi connectivity index (χ1) is 9.94. The van der Waals surface area contributed by atoms with Gasteiger partial charge in [-0.05, 0) is 42.5 Å². The number of aliphatic hydroxyl groups excluding tert-OH is 1. The highest BCUT2D eigenvalue weighted by molar-refractivity contribution is 7.99. The minimum Gasteiger partial charge on any atom is -0.495 e. The molecule has 0 spiro atoms. The van der Waals surface area contributed by atoms with Gasteiger partial charge in [-0.25, -0.2) is 13.1 Å². The van der Waals surface area contributed by atoms with Crippen LogP contribution in [0.25, 0.3) is 0 Å². The van der Waals surface area contributed by atoms with Crippen LogP contribution in [0, 0.1) is 0 Å². The summed E-state index contributed by atoms with van der Waals surface area (Å²) in [6, 6.07) is 4.47. The molecule has 0 aliphatic heterocycles. The standard InChI is InChI=1S/C14H23NO4S2/c1-4-20-8-7-11(2)15-21(17,18)14-9-12(10-16)5-6-13(14)19-3/h5-6,9,11,15-16H,4,7-8,10H2,1-3H3. The van der Waals surface area contributed by atoms with E-state index in [1.165, 1.54) is 13.2 Å². The van der Waals surface area contributed by atoms with Crippen molar-refractivity contribution in [1.29, 1.82) is 0 Å². The molecule has 0 aliphatic carbocycles. The van der Waals surface area contributed by atoms with Gasteiger partial charge in [-0.1, -0.05) is 13.0 Å². The van der Waals surface area contributed by atoms with Gasteiger partial charge in [-0.15, -0.1) is 0 Å². The van der Waals surface area contributed by atoms with E-state index in [-0.39, 0.29) is 23.3 Å². The number of rotatable bonds is 9. The molecule has 0 aromatic heterocycles. The van der Waals surface area contributed by atoms with E-state index in [0.29, 0.717) is 5.56 Å². The van der Waals surface area contributed by atoms with Gasteiger partial charge in [0.2, 0.25) is 10.0 Å². The lowest BCUT2D eigenvalue weighted by Gasteiger charge is -2.16. The third-order valence-electron chi connectivity index (χ3n) is 2.96. The fourth-order valence-electron chi connectivity index (χ4n) is 1.82. The van der Waals surface area contributed by atoms with Gasteiger partial charge in [0.05, 0.1) is 13.7 Å². The molecular formula is C14H23NO4S2. The third kappa shape index (κ3) is 5.50. The lowest BCUT2D eigenvalue weighted by atomic mass is 10.2. The van der Waals surface area contributed by atoms with E-state index >= 15 is 0 Å². The number of methoxy groups -OCH3 is 1. The molecule has 0 aliphatic rings. The van der Waals surface area contributed by atoms with Gasteiger partial charge >= 0.3 is 0 Å². The van der Waals surface area contributed by atoms with Crippen LogP contribution >= 0.6 is 11.8 Å². The maximum atomic E-state index is 12.4. The quantitative estimate of drug-likeness (QED) is 0.676. The average molecular weight is 333 g/mol. The predicted octanol–water partition coefficient (Wildman–Crippen LogP) is 2.00. The predicted molar refractivity (Wildman–Crippen MR) is 86.3 cm³/mol. The number of benzene rings is 1. The number of aliphatic hydroxyl groups is 1. The molecule has 2 N–H and O–H groups in total. The van der Waals surface area contributed by atoms with Gasteiger partial charge in [0.25, 0.3) is 0 Å². The molecule has 1 unspecified atom stereocenters. The van der Waals surface area contributed by atoms with Crippen molar-refractivity contribution in [2.24, 2.45) is 0 Å². The Balaban J connectivity index is 2.91. The highest BCUT2D eigenvalue weighted by atomic mass is 32.2. The van der Waals surface area contributed by atoms with Crippen molar-refractivity contribution in [3.05, 3.63) is 23.8 Å². The number of thioether (sulfide) groups is 1. The topological polar surface area (TPSA) is 75.6 Å². The normalized spacial score (nSPS) is 13.1. The molecule has 0 fully saturated rings. The summed E-state index contributed by atoms with van der Waals surface area (Å²) < 4.78 is 32.6. The molecule has 1 atom stereocenters. The number of ether oxygens (including phenoxy) is 1. The average Bonchev–Trinajstić information content (AvgIpc) is 2.46. The Labute approximate surface area is 131 Å². The molecule has 7 heteroatoms. The van der Waals surface area contributed by atoms with E-state index in [9.17, 15) is 8.42 Å². The highest BCUT2D eigenvalue weighted by Crippen LogP contribution is 2.25. The zero-order valence-corrected chi connectivity index (χ0v) is 14.3. The number of hydrogen-bond acceptors (Lipinski definition) is 5. The van der Waals surface area contributed by atoms with Crippen LogP contribution in [-0.2, 0) is 16.6 Å². The molecular weight excluding hydrogens is 310 g/mol. The third-order valence-corrected chi connectivity index (χ3v) is 5.50. The molecule has 21 heavy (non-hydrogen) atoms. The van der Waals surface area contributed by atoms with Crippen LogP contribution in [0.4, 0.5) is 0 Å². The molecule has 120 valence electrons. The smallest absolute Gasteiger partial charge is 0.244 e. The van der Waals surface area contributed by atoms with E-state index in [0.717, 1.165) is 17.9 Å². The van der Waals surface area contributed by atoms with Crippen LogP contribution < -0.4 is 9.46 Å². The number of hydrogen-bond donors (Lipinski definition) is 2. The summed E-state index contributed by atoms with van der Waals surface area (Å²) in [5, 5.41) is 9.16. The molecule has 1 aromatic rings. The van der Waals surface area contributed by atoms with E-state index in [2.05, 4.69) is 11.6 Å². The molecule has 1 aromatic carbocycles. The van der Waals surface area contributed by atoms with Crippen LogP contribution in [0.3, 0.4) is 0 Å². The second kappa shape index (κ2) is 8.63. The second-order valence-electron chi connectivity index (χ2n) is 4.65. The fourth-order valence-corrected chi connectivity index (χ4v) is 4.13. The first-order valence-electron chi connectivity index (χ1n) is 6.82. The summed E-state index contributed by atoms with van der Waals surface area (Å²) in [7, 11) is -2.24. The van der Waals surface area contributed by atoms with E-state index < -0.39 is 10.0 Å². The molecule has 0 saturated heterocycles. The van der Waals surface area contributed by atoms with Crippen molar-refractivity contribution in [3.8, 4) is 5.75 Å². The first-order valence-corrected chi connectivity index (χ1v) is 9.46. The Bertz CT molecular complexity index is 546. The molecule has 0 heterocycles. The largest absolute Gasteiger partial charge is 0.495 e. The van der Waals surface area contributed by atoms with Gasteiger partial charge in [-0.2, -0.15) is 11.8 Å². The van der Waals surface area contributed by atoms with Crippen molar-refractivity contribution in [2.45, 2.75) is 37.8 Å². The van der Waals surface area contributed by atoms with Crippen LogP contribution in [-0.4, -0.2) is 38.2 Å². The van der Waals surface area contributed by atoms with Crippen LogP contribution in [0.1, 0.15) is 25.8 Å². The zero-order chi connectivity index (χ0) is 15.9. The summed E-state index contributed by atoms with van der Waals surface area (Å²) in [6.07, 6.45) is 0.764. The number of nitrogens with one attached hydrogen (secondary N) is 1. The van der Waals surface area contributed by atoms with Gasteiger partial charge in [0.15, 0.2) is 0 Å². The highest BCUT2D eigenvalue weighted by Gasteiger charge is 2.22. The fraction of sp³-hybridized carbons (Fsp3) is 0.571. The van der Waals surface area contributed by atoms with Crippen LogP contribution in [0.15, 0.2) is 23.1 Å². The first kappa shape index (κ1) is 18.3. The van der Waals surface area contributed by atoms with E-state index in [1.54, 1.807) is 23.9 Å². The molecule has 0 bridgehead atoms. The molecule has 1 rings (SSSR count). The summed E-state index contributed by atoms with van der Waals surface area (Å²) in [6.45, 7) is 3.70. The number of sulfonamides is 1. The van der Waals surface area contributed by atoms with Gasteiger partial charge in [-0.3, -0.25) is 0 Å². The Morgan fingerprint density at radius 3 is 2.71 bits per heavy atom. The summed E-state index contributed by atoms with van der Waals surface area (Å²) in [5.41, 5.74) is 0.533. The minimum absolute atomic E-state index is 0.0616. The summed E-state index contributed by atoms with van der Waals surface area (Å²) in [5.74, 6) is 2.20. The van der Waals surface area contributed by atoms with Gasteiger partial charge in [0, 0.05) is 6.04 Å². The van der Waals surface area contributed by atoms with Crippen LogP contribution in [0.2, 0.25) is 0 Å². The molecule has 0 saturated carbocycles. The Hall–Kier alpha value is -0.760. The summed E-state index contributed by atoms with van der Waals surface area (Å²) in [4.78, 5) is 0.0616. The lowest BCUT2D eigenvalue weighted by Crippen LogP contribution is -2.33. The SMILES string of the molecule is CCSCCC(C)NS(=O)(=O)c1cc(CO)ccc1OC. The Morgan fingerprint density at radius 1 is 1.43 bits per heavy atom. The zero-order valence-electron chi connectivity index (χ0n) is 12.6. The van der Waals surface area contributed by atoms with E-state index in [4.69, 9.17) is 9.84 Å². The molecule has 0 amide bonds. The van der Waals surface area contributed by atoms with Crippen molar-refractivity contribution in [2.75, 3.05) is 18.6 Å². The van der Waals surface area contributed by atoms with Crippen molar-refractivity contribution in [1.82, 2.24) is 4.72 Å². The van der Waals surface area contributed by atoms with Crippen LogP contribution in [0.5, 0.6) is 5.75 Å². The van der Waals surface area contributed by atoms with Gasteiger partial charge < -0.3 is 9.84 Å². The summed E-state index contributed by atoms with van der Waals surface area (Å²) >= 11 is 1.78. The lowest BCUT2D eigenvalue weighted by molar-refractivity contribution is 0.281. The van der Waals surface area contributed by atoms with Crippen molar-refractivity contribution >= 4 is 21.8 Å².